The molecule has 1 saturated carbocycles. The minimum Gasteiger partial charge on any atom is -0.349 e. The van der Waals surface area contributed by atoms with Crippen molar-refractivity contribution in [2.45, 2.75) is 38.6 Å². The number of amides is 1. The van der Waals surface area contributed by atoms with Gasteiger partial charge in [0.05, 0.1) is 17.4 Å². The van der Waals surface area contributed by atoms with Crippen LogP contribution in [0.1, 0.15) is 37.9 Å². The number of carbonyl (C=O) groups is 1. The first kappa shape index (κ1) is 14.8. The Hall–Kier alpha value is -2.17. The maximum Gasteiger partial charge on any atom is 0.261 e. The second kappa shape index (κ2) is 6.30. The van der Waals surface area contributed by atoms with Gasteiger partial charge in [-0.05, 0) is 25.0 Å². The fraction of sp³-hybridized carbons (Fsp3) is 0.471. The molecular weight excluding hydrogens is 278 g/mol. The molecule has 5 heteroatoms. The lowest BCUT2D eigenvalue weighted by Gasteiger charge is -2.20. The Bertz CT molecular complexity index is 745. The molecule has 1 amide bonds. The first-order valence-electron chi connectivity index (χ1n) is 7.89. The van der Waals surface area contributed by atoms with Crippen LogP contribution >= 0.6 is 0 Å². The molecule has 22 heavy (non-hydrogen) atoms. The molecule has 2 aromatic rings. The van der Waals surface area contributed by atoms with Crippen molar-refractivity contribution >= 4 is 16.8 Å². The van der Waals surface area contributed by atoms with Crippen LogP contribution in [-0.2, 0) is 18.4 Å². The zero-order chi connectivity index (χ0) is 15.5. The summed E-state index contributed by atoms with van der Waals surface area (Å²) in [6.45, 7) is 0.298. The molecule has 116 valence electrons. The Morgan fingerprint density at radius 1 is 1.27 bits per heavy atom. The maximum atomic E-state index is 12.3. The first-order chi connectivity index (χ1) is 10.7. The van der Waals surface area contributed by atoms with Crippen LogP contribution in [0, 0.1) is 5.92 Å². The highest BCUT2D eigenvalue weighted by Gasteiger charge is 2.21. The standard InChI is InChI=1S/C17H21N3O2/c1-20-15(11-18-16(21)12-7-3-2-4-8-12)19-14-10-6-5-9-13(14)17(20)22/h5-6,9-10,12H,2-4,7-8,11H2,1H3,(H,18,21). The van der Waals surface area contributed by atoms with Crippen LogP contribution in [0.15, 0.2) is 29.1 Å². The summed E-state index contributed by atoms with van der Waals surface area (Å²) in [5.41, 5.74) is 0.597. The monoisotopic (exact) mass is 299 g/mol. The van der Waals surface area contributed by atoms with E-state index >= 15 is 0 Å². The van der Waals surface area contributed by atoms with Crippen molar-refractivity contribution in [3.63, 3.8) is 0 Å². The normalized spacial score (nSPS) is 15.9. The van der Waals surface area contributed by atoms with Gasteiger partial charge in [-0.3, -0.25) is 14.2 Å². The van der Waals surface area contributed by atoms with E-state index in [1.165, 1.54) is 11.0 Å². The Labute approximate surface area is 129 Å². The van der Waals surface area contributed by atoms with E-state index < -0.39 is 0 Å². The first-order valence-corrected chi connectivity index (χ1v) is 7.89. The van der Waals surface area contributed by atoms with Gasteiger partial charge in [0, 0.05) is 13.0 Å². The van der Waals surface area contributed by atoms with E-state index in [1.807, 2.05) is 18.2 Å². The number of aromatic nitrogens is 2. The Balaban J connectivity index is 1.77. The van der Waals surface area contributed by atoms with E-state index in [4.69, 9.17) is 0 Å². The third kappa shape index (κ3) is 2.89. The summed E-state index contributed by atoms with van der Waals surface area (Å²) in [7, 11) is 1.70. The van der Waals surface area contributed by atoms with Gasteiger partial charge in [-0.2, -0.15) is 0 Å². The van der Waals surface area contributed by atoms with Crippen molar-refractivity contribution in [2.24, 2.45) is 13.0 Å². The van der Waals surface area contributed by atoms with Crippen LogP contribution < -0.4 is 10.9 Å². The van der Waals surface area contributed by atoms with Crippen LogP contribution in [0.4, 0.5) is 0 Å². The van der Waals surface area contributed by atoms with E-state index in [1.54, 1.807) is 13.1 Å². The predicted molar refractivity (Wildman–Crippen MR) is 85.4 cm³/mol. The number of fused-ring (bicyclic) bond motifs is 1. The third-order valence-corrected chi connectivity index (χ3v) is 4.47. The Morgan fingerprint density at radius 2 is 2.00 bits per heavy atom. The summed E-state index contributed by atoms with van der Waals surface area (Å²) in [5, 5.41) is 3.54. The number of benzene rings is 1. The zero-order valence-electron chi connectivity index (χ0n) is 12.8. The fourth-order valence-electron chi connectivity index (χ4n) is 3.10. The number of hydrogen-bond acceptors (Lipinski definition) is 3. The van der Waals surface area contributed by atoms with Crippen molar-refractivity contribution in [3.05, 3.63) is 40.4 Å². The highest BCUT2D eigenvalue weighted by Crippen LogP contribution is 2.23. The van der Waals surface area contributed by atoms with E-state index in [0.29, 0.717) is 23.3 Å². The van der Waals surface area contributed by atoms with Crippen LogP contribution in [-0.4, -0.2) is 15.5 Å². The Morgan fingerprint density at radius 3 is 2.77 bits per heavy atom. The van der Waals surface area contributed by atoms with Gasteiger partial charge < -0.3 is 5.32 Å². The molecular formula is C17H21N3O2. The molecule has 0 atom stereocenters. The molecule has 0 spiro atoms. The van der Waals surface area contributed by atoms with Gasteiger partial charge in [0.25, 0.3) is 5.56 Å². The molecule has 1 fully saturated rings. The topological polar surface area (TPSA) is 64.0 Å². The predicted octanol–water partition coefficient (Wildman–Crippen LogP) is 2.13. The summed E-state index contributed by atoms with van der Waals surface area (Å²) >= 11 is 0. The maximum absolute atomic E-state index is 12.3. The molecule has 1 aromatic carbocycles. The average molecular weight is 299 g/mol. The quantitative estimate of drug-likeness (QED) is 0.944. The lowest BCUT2D eigenvalue weighted by molar-refractivity contribution is -0.126. The van der Waals surface area contributed by atoms with Gasteiger partial charge in [-0.1, -0.05) is 31.4 Å². The van der Waals surface area contributed by atoms with Crippen LogP contribution in [0.2, 0.25) is 0 Å². The van der Waals surface area contributed by atoms with Gasteiger partial charge in [-0.25, -0.2) is 4.98 Å². The largest absolute Gasteiger partial charge is 0.349 e. The number of para-hydroxylation sites is 1. The summed E-state index contributed by atoms with van der Waals surface area (Å²) in [6.07, 6.45) is 5.42. The highest BCUT2D eigenvalue weighted by atomic mass is 16.2. The summed E-state index contributed by atoms with van der Waals surface area (Å²) in [5.74, 6) is 0.793. The van der Waals surface area contributed by atoms with E-state index in [0.717, 1.165) is 25.7 Å². The van der Waals surface area contributed by atoms with Crippen molar-refractivity contribution < 1.29 is 4.79 Å². The molecule has 0 saturated heterocycles. The van der Waals surface area contributed by atoms with Gasteiger partial charge in [0.2, 0.25) is 5.91 Å². The molecule has 0 bridgehead atoms. The second-order valence-corrected chi connectivity index (χ2v) is 5.96. The summed E-state index contributed by atoms with van der Waals surface area (Å²) in [4.78, 5) is 29.0. The van der Waals surface area contributed by atoms with Crippen LogP contribution in [0.25, 0.3) is 10.9 Å². The number of hydrogen-bond donors (Lipinski definition) is 1. The zero-order valence-corrected chi connectivity index (χ0v) is 12.8. The van der Waals surface area contributed by atoms with Crippen molar-refractivity contribution in [1.29, 1.82) is 0 Å². The van der Waals surface area contributed by atoms with E-state index in [2.05, 4.69) is 10.3 Å². The lowest BCUT2D eigenvalue weighted by atomic mass is 9.89. The van der Waals surface area contributed by atoms with E-state index in [-0.39, 0.29) is 17.4 Å². The number of carbonyl (C=O) groups excluding carboxylic acids is 1. The van der Waals surface area contributed by atoms with Gasteiger partial charge in [-0.15, -0.1) is 0 Å². The summed E-state index contributed by atoms with van der Waals surface area (Å²) in [6, 6.07) is 7.29. The fourth-order valence-corrected chi connectivity index (χ4v) is 3.10. The van der Waals surface area contributed by atoms with Crippen LogP contribution in [0.3, 0.4) is 0 Å². The molecule has 1 aromatic heterocycles. The third-order valence-electron chi connectivity index (χ3n) is 4.47. The van der Waals surface area contributed by atoms with Crippen molar-refractivity contribution in [2.75, 3.05) is 0 Å². The highest BCUT2D eigenvalue weighted by molar-refractivity contribution is 5.79. The molecule has 1 heterocycles. The van der Waals surface area contributed by atoms with E-state index in [9.17, 15) is 9.59 Å². The smallest absolute Gasteiger partial charge is 0.261 e. The van der Waals surface area contributed by atoms with Crippen molar-refractivity contribution in [3.8, 4) is 0 Å². The minimum atomic E-state index is -0.0764. The Kier molecular flexibility index (Phi) is 4.22. The van der Waals surface area contributed by atoms with Gasteiger partial charge in [0.15, 0.2) is 0 Å². The molecule has 1 aliphatic carbocycles. The van der Waals surface area contributed by atoms with Gasteiger partial charge >= 0.3 is 0 Å². The van der Waals surface area contributed by atoms with Crippen LogP contribution in [0.5, 0.6) is 0 Å². The average Bonchev–Trinajstić information content (AvgIpc) is 2.57. The molecule has 0 radical (unpaired) electrons. The minimum absolute atomic E-state index is 0.0764. The molecule has 0 aliphatic heterocycles. The molecule has 5 nitrogen and oxygen atoms in total. The van der Waals surface area contributed by atoms with Crippen molar-refractivity contribution in [1.82, 2.24) is 14.9 Å². The van der Waals surface area contributed by atoms with Gasteiger partial charge in [0.1, 0.15) is 5.82 Å². The molecule has 3 rings (SSSR count). The lowest BCUT2D eigenvalue weighted by Crippen LogP contribution is -2.34. The number of nitrogens with one attached hydrogen (secondary N) is 1. The molecule has 1 aliphatic rings. The summed E-state index contributed by atoms with van der Waals surface area (Å²) < 4.78 is 1.52. The molecule has 1 N–H and O–H groups in total. The number of rotatable bonds is 3. The second-order valence-electron chi connectivity index (χ2n) is 5.96. The molecule has 0 unspecified atom stereocenters. The number of nitrogens with zero attached hydrogens (tertiary/aromatic N) is 2. The SMILES string of the molecule is Cn1c(CNC(=O)C2CCCCC2)nc2ccccc2c1=O.